The summed E-state index contributed by atoms with van der Waals surface area (Å²) in [5, 5.41) is 4.97. The van der Waals surface area contributed by atoms with E-state index in [4.69, 9.17) is 23.8 Å². The summed E-state index contributed by atoms with van der Waals surface area (Å²) in [7, 11) is 0. The third-order valence-corrected chi connectivity index (χ3v) is 5.36. The number of likely N-dealkylation sites (tertiary alicyclic amines) is 1. The first kappa shape index (κ1) is 15.1. The van der Waals surface area contributed by atoms with E-state index in [2.05, 4.69) is 31.0 Å². The van der Waals surface area contributed by atoms with Crippen molar-refractivity contribution in [1.82, 2.24) is 4.90 Å². The van der Waals surface area contributed by atoms with Crippen LogP contribution in [0.2, 0.25) is 5.02 Å². The van der Waals surface area contributed by atoms with E-state index in [1.807, 2.05) is 24.3 Å². The molecule has 2 nitrogen and oxygen atoms in total. The molecule has 2 fully saturated rings. The first-order valence-electron chi connectivity index (χ1n) is 7.60. The molecule has 0 unspecified atom stereocenters. The maximum Gasteiger partial charge on any atom is 0.173 e. The van der Waals surface area contributed by atoms with Crippen molar-refractivity contribution < 1.29 is 0 Å². The van der Waals surface area contributed by atoms with Gasteiger partial charge in [-0.3, -0.25) is 0 Å². The highest BCUT2D eigenvalue weighted by Gasteiger charge is 2.50. The highest BCUT2D eigenvalue weighted by atomic mass is 35.5. The van der Waals surface area contributed by atoms with Gasteiger partial charge < -0.3 is 10.2 Å². The van der Waals surface area contributed by atoms with Crippen molar-refractivity contribution in [3.63, 3.8) is 0 Å². The van der Waals surface area contributed by atoms with Crippen LogP contribution in [0.25, 0.3) is 0 Å². The van der Waals surface area contributed by atoms with E-state index in [1.165, 1.54) is 19.3 Å². The average Bonchev–Trinajstić information content (AvgIpc) is 2.61. The Bertz CT molecular complexity index is 554. The van der Waals surface area contributed by atoms with Gasteiger partial charge in [0.1, 0.15) is 0 Å². The Kier molecular flexibility index (Phi) is 3.69. The molecule has 0 spiro atoms. The molecule has 0 radical (unpaired) electrons. The molecule has 2 bridgehead atoms. The standard InChI is InChI=1S/C17H23ClN2S/c1-16(2)8-14-9-17(3,10-16)11-20(14)15(21)19-13-6-4-12(18)5-7-13/h4-7,14H,8-11H2,1-3H3,(H,19,21)/t14-,17-/m1/s1. The Hall–Kier alpha value is -0.800. The van der Waals surface area contributed by atoms with Crippen LogP contribution >= 0.6 is 23.8 Å². The summed E-state index contributed by atoms with van der Waals surface area (Å²) in [6, 6.07) is 8.30. The Morgan fingerprint density at radius 3 is 2.57 bits per heavy atom. The molecule has 21 heavy (non-hydrogen) atoms. The molecule has 2 atom stereocenters. The van der Waals surface area contributed by atoms with Gasteiger partial charge in [0.2, 0.25) is 0 Å². The average molecular weight is 323 g/mol. The number of hydrogen-bond donors (Lipinski definition) is 1. The molecule has 1 N–H and O–H groups in total. The Morgan fingerprint density at radius 2 is 1.90 bits per heavy atom. The molecule has 1 saturated heterocycles. The van der Waals surface area contributed by atoms with Crippen molar-refractivity contribution in [2.24, 2.45) is 10.8 Å². The molecule has 1 aliphatic carbocycles. The van der Waals surface area contributed by atoms with Gasteiger partial charge in [-0.25, -0.2) is 0 Å². The molecule has 1 aliphatic heterocycles. The maximum atomic E-state index is 5.93. The van der Waals surface area contributed by atoms with Crippen molar-refractivity contribution >= 4 is 34.6 Å². The fourth-order valence-electron chi connectivity index (χ4n) is 4.43. The van der Waals surface area contributed by atoms with E-state index in [-0.39, 0.29) is 0 Å². The van der Waals surface area contributed by atoms with Gasteiger partial charge in [0, 0.05) is 23.3 Å². The van der Waals surface area contributed by atoms with E-state index in [1.54, 1.807) is 0 Å². The van der Waals surface area contributed by atoms with Crippen LogP contribution in [-0.2, 0) is 0 Å². The molecule has 3 rings (SSSR count). The molecule has 0 amide bonds. The molecule has 114 valence electrons. The SMILES string of the molecule is CC1(C)C[C@@H]2C[C@@](C)(CN2C(=S)Nc2ccc(Cl)cc2)C1. The first-order chi connectivity index (χ1) is 9.76. The Labute approximate surface area is 137 Å². The van der Waals surface area contributed by atoms with E-state index in [0.717, 1.165) is 22.4 Å². The van der Waals surface area contributed by atoms with Crippen molar-refractivity contribution in [2.75, 3.05) is 11.9 Å². The lowest BCUT2D eigenvalue weighted by atomic mass is 9.65. The molecule has 1 aromatic rings. The zero-order valence-electron chi connectivity index (χ0n) is 12.9. The zero-order chi connectivity index (χ0) is 15.3. The zero-order valence-corrected chi connectivity index (χ0v) is 14.5. The smallest absolute Gasteiger partial charge is 0.173 e. The number of fused-ring (bicyclic) bond motifs is 2. The van der Waals surface area contributed by atoms with Crippen LogP contribution in [0.15, 0.2) is 24.3 Å². The molecular formula is C17H23ClN2S. The maximum absolute atomic E-state index is 5.93. The van der Waals surface area contributed by atoms with E-state index < -0.39 is 0 Å². The molecular weight excluding hydrogens is 300 g/mol. The normalized spacial score (nSPS) is 30.3. The summed E-state index contributed by atoms with van der Waals surface area (Å²) >= 11 is 11.6. The number of nitrogens with zero attached hydrogens (tertiary/aromatic N) is 1. The van der Waals surface area contributed by atoms with Crippen LogP contribution in [-0.4, -0.2) is 22.6 Å². The van der Waals surface area contributed by atoms with Gasteiger partial charge in [0.15, 0.2) is 5.11 Å². The number of anilines is 1. The van der Waals surface area contributed by atoms with Gasteiger partial charge in [-0.15, -0.1) is 0 Å². The first-order valence-corrected chi connectivity index (χ1v) is 8.38. The topological polar surface area (TPSA) is 15.3 Å². The lowest BCUT2D eigenvalue weighted by molar-refractivity contribution is 0.132. The van der Waals surface area contributed by atoms with E-state index in [0.29, 0.717) is 16.9 Å². The third kappa shape index (κ3) is 3.19. The summed E-state index contributed by atoms with van der Waals surface area (Å²) in [5.74, 6) is 0. The van der Waals surface area contributed by atoms with Gasteiger partial charge in [0.25, 0.3) is 0 Å². The summed E-state index contributed by atoms with van der Waals surface area (Å²) in [5.41, 5.74) is 1.83. The van der Waals surface area contributed by atoms with E-state index in [9.17, 15) is 0 Å². The van der Waals surface area contributed by atoms with Crippen LogP contribution < -0.4 is 5.32 Å². The molecule has 2 aliphatic rings. The van der Waals surface area contributed by atoms with Gasteiger partial charge in [0.05, 0.1) is 0 Å². The van der Waals surface area contributed by atoms with Gasteiger partial charge >= 0.3 is 0 Å². The number of thiocarbonyl (C=S) groups is 1. The lowest BCUT2D eigenvalue weighted by Crippen LogP contribution is -2.39. The number of benzene rings is 1. The fourth-order valence-corrected chi connectivity index (χ4v) is 4.88. The van der Waals surface area contributed by atoms with Crippen LogP contribution in [0.5, 0.6) is 0 Å². The minimum absolute atomic E-state index is 0.401. The quantitative estimate of drug-likeness (QED) is 0.737. The number of nitrogens with one attached hydrogen (secondary N) is 1. The van der Waals surface area contributed by atoms with E-state index >= 15 is 0 Å². The number of rotatable bonds is 1. The second-order valence-corrected chi connectivity index (χ2v) is 8.60. The van der Waals surface area contributed by atoms with Crippen LogP contribution in [0, 0.1) is 10.8 Å². The highest BCUT2D eigenvalue weighted by molar-refractivity contribution is 7.80. The fraction of sp³-hybridized carbons (Fsp3) is 0.588. The molecule has 0 aromatic heterocycles. The molecule has 1 saturated carbocycles. The number of hydrogen-bond acceptors (Lipinski definition) is 1. The van der Waals surface area contributed by atoms with Crippen molar-refractivity contribution in [3.05, 3.63) is 29.3 Å². The second kappa shape index (κ2) is 5.13. The summed E-state index contributed by atoms with van der Waals surface area (Å²) in [6.45, 7) is 8.25. The van der Waals surface area contributed by atoms with Crippen molar-refractivity contribution in [3.8, 4) is 0 Å². The Balaban J connectivity index is 1.73. The lowest BCUT2D eigenvalue weighted by Gasteiger charge is -2.39. The molecule has 1 heterocycles. The second-order valence-electron chi connectivity index (χ2n) is 7.78. The molecule has 1 aromatic carbocycles. The van der Waals surface area contributed by atoms with Crippen molar-refractivity contribution in [1.29, 1.82) is 0 Å². The predicted molar refractivity (Wildman–Crippen MR) is 93.9 cm³/mol. The highest BCUT2D eigenvalue weighted by Crippen LogP contribution is 2.52. The minimum atomic E-state index is 0.401. The third-order valence-electron chi connectivity index (χ3n) is 4.77. The largest absolute Gasteiger partial charge is 0.345 e. The van der Waals surface area contributed by atoms with Gasteiger partial charge in [-0.05, 0) is 66.6 Å². The molecule has 4 heteroatoms. The number of halogens is 1. The van der Waals surface area contributed by atoms with Crippen LogP contribution in [0.1, 0.15) is 40.0 Å². The van der Waals surface area contributed by atoms with Crippen LogP contribution in [0.3, 0.4) is 0 Å². The monoisotopic (exact) mass is 322 g/mol. The summed E-state index contributed by atoms with van der Waals surface area (Å²) < 4.78 is 0. The Morgan fingerprint density at radius 1 is 1.24 bits per heavy atom. The van der Waals surface area contributed by atoms with Crippen LogP contribution in [0.4, 0.5) is 5.69 Å². The summed E-state index contributed by atoms with van der Waals surface area (Å²) in [4.78, 5) is 2.40. The minimum Gasteiger partial charge on any atom is -0.345 e. The van der Waals surface area contributed by atoms with Gasteiger partial charge in [-0.2, -0.15) is 0 Å². The predicted octanol–water partition coefficient (Wildman–Crippen LogP) is 4.94. The van der Waals surface area contributed by atoms with Crippen molar-refractivity contribution in [2.45, 2.75) is 46.1 Å². The van der Waals surface area contributed by atoms with Gasteiger partial charge in [-0.1, -0.05) is 32.4 Å². The summed E-state index contributed by atoms with van der Waals surface area (Å²) in [6.07, 6.45) is 3.78.